The standard InChI is InChI=1S/C15H19FN4O/c1-11-9-18-20(10-11)14-6-5-12(8-13(14)16)19-15(21)4-3-7-17-2/h5-6,8-10,17H,3-4,7H2,1-2H3,(H,19,21). The van der Waals surface area contributed by atoms with Gasteiger partial charge in [-0.3, -0.25) is 4.79 Å². The minimum Gasteiger partial charge on any atom is -0.326 e. The van der Waals surface area contributed by atoms with E-state index in [1.807, 2.05) is 14.0 Å². The van der Waals surface area contributed by atoms with E-state index in [4.69, 9.17) is 0 Å². The van der Waals surface area contributed by atoms with Gasteiger partial charge in [-0.05, 0) is 50.7 Å². The molecule has 0 aliphatic carbocycles. The molecular formula is C15H19FN4O. The number of halogens is 1. The molecule has 1 heterocycles. The van der Waals surface area contributed by atoms with Crippen LogP contribution in [0, 0.1) is 12.7 Å². The van der Waals surface area contributed by atoms with Gasteiger partial charge in [-0.15, -0.1) is 0 Å². The highest BCUT2D eigenvalue weighted by Gasteiger charge is 2.08. The van der Waals surface area contributed by atoms with Crippen molar-refractivity contribution < 1.29 is 9.18 Å². The lowest BCUT2D eigenvalue weighted by atomic mass is 10.2. The van der Waals surface area contributed by atoms with Crippen molar-refractivity contribution in [1.82, 2.24) is 15.1 Å². The molecule has 0 fully saturated rings. The summed E-state index contributed by atoms with van der Waals surface area (Å²) in [4.78, 5) is 11.7. The average molecular weight is 290 g/mol. The fraction of sp³-hybridized carbons (Fsp3) is 0.333. The molecule has 0 bridgehead atoms. The van der Waals surface area contributed by atoms with Crippen LogP contribution in [0.3, 0.4) is 0 Å². The van der Waals surface area contributed by atoms with Crippen molar-refractivity contribution in [2.45, 2.75) is 19.8 Å². The molecule has 1 aromatic heterocycles. The van der Waals surface area contributed by atoms with Gasteiger partial charge in [-0.25, -0.2) is 9.07 Å². The van der Waals surface area contributed by atoms with Crippen LogP contribution < -0.4 is 10.6 Å². The second-order valence-electron chi connectivity index (χ2n) is 4.88. The predicted molar refractivity (Wildman–Crippen MR) is 80.0 cm³/mol. The quantitative estimate of drug-likeness (QED) is 0.802. The molecule has 2 N–H and O–H groups in total. The van der Waals surface area contributed by atoms with E-state index in [0.29, 0.717) is 17.8 Å². The number of rotatable bonds is 6. The number of amides is 1. The summed E-state index contributed by atoms with van der Waals surface area (Å²) in [6.07, 6.45) is 4.56. The van der Waals surface area contributed by atoms with Crippen LogP contribution >= 0.6 is 0 Å². The molecule has 0 saturated heterocycles. The summed E-state index contributed by atoms with van der Waals surface area (Å²) in [5.41, 5.74) is 1.77. The van der Waals surface area contributed by atoms with Crippen molar-refractivity contribution in [2.24, 2.45) is 0 Å². The second-order valence-corrected chi connectivity index (χ2v) is 4.88. The maximum Gasteiger partial charge on any atom is 0.224 e. The minimum absolute atomic E-state index is 0.118. The largest absolute Gasteiger partial charge is 0.326 e. The number of aromatic nitrogens is 2. The van der Waals surface area contributed by atoms with Gasteiger partial charge in [0, 0.05) is 18.3 Å². The van der Waals surface area contributed by atoms with E-state index in [0.717, 1.165) is 18.5 Å². The molecule has 1 aromatic carbocycles. The molecule has 1 amide bonds. The monoisotopic (exact) mass is 290 g/mol. The molecule has 21 heavy (non-hydrogen) atoms. The lowest BCUT2D eigenvalue weighted by Crippen LogP contribution is -2.15. The SMILES string of the molecule is CNCCCC(=O)Nc1ccc(-n2cc(C)cn2)c(F)c1. The normalized spacial score (nSPS) is 10.6. The first-order chi connectivity index (χ1) is 10.1. The maximum atomic E-state index is 14.1. The van der Waals surface area contributed by atoms with Gasteiger partial charge >= 0.3 is 0 Å². The zero-order valence-electron chi connectivity index (χ0n) is 12.2. The van der Waals surface area contributed by atoms with Crippen LogP contribution in [-0.4, -0.2) is 29.3 Å². The molecule has 0 spiro atoms. The van der Waals surface area contributed by atoms with Crippen molar-refractivity contribution >= 4 is 11.6 Å². The summed E-state index contributed by atoms with van der Waals surface area (Å²) >= 11 is 0. The smallest absolute Gasteiger partial charge is 0.224 e. The Labute approximate surface area is 123 Å². The van der Waals surface area contributed by atoms with Crippen LogP contribution in [-0.2, 0) is 4.79 Å². The number of aryl methyl sites for hydroxylation is 1. The molecule has 112 valence electrons. The summed E-state index contributed by atoms with van der Waals surface area (Å²) in [6, 6.07) is 4.58. The van der Waals surface area contributed by atoms with Crippen LogP contribution in [0.1, 0.15) is 18.4 Å². The van der Waals surface area contributed by atoms with Gasteiger partial charge < -0.3 is 10.6 Å². The van der Waals surface area contributed by atoms with Crippen molar-refractivity contribution in [3.05, 3.63) is 42.0 Å². The van der Waals surface area contributed by atoms with Crippen LogP contribution in [0.2, 0.25) is 0 Å². The minimum atomic E-state index is -0.425. The molecule has 0 aliphatic rings. The number of hydrogen-bond donors (Lipinski definition) is 2. The number of anilines is 1. The predicted octanol–water partition coefficient (Wildman–Crippen LogP) is 2.26. The van der Waals surface area contributed by atoms with Gasteiger partial charge in [0.1, 0.15) is 5.69 Å². The van der Waals surface area contributed by atoms with Gasteiger partial charge in [0.25, 0.3) is 0 Å². The summed E-state index contributed by atoms with van der Waals surface area (Å²) < 4.78 is 15.6. The van der Waals surface area contributed by atoms with Gasteiger partial charge in [0.2, 0.25) is 5.91 Å². The molecule has 2 aromatic rings. The summed E-state index contributed by atoms with van der Waals surface area (Å²) in [5, 5.41) is 9.73. The van der Waals surface area contributed by atoms with E-state index >= 15 is 0 Å². The van der Waals surface area contributed by atoms with E-state index < -0.39 is 5.82 Å². The highest BCUT2D eigenvalue weighted by Crippen LogP contribution is 2.18. The number of nitrogens with zero attached hydrogens (tertiary/aromatic N) is 2. The molecular weight excluding hydrogens is 271 g/mol. The Morgan fingerprint density at radius 1 is 1.43 bits per heavy atom. The van der Waals surface area contributed by atoms with Gasteiger partial charge in [-0.2, -0.15) is 5.10 Å². The second kappa shape index (κ2) is 6.99. The first kappa shape index (κ1) is 15.2. The van der Waals surface area contributed by atoms with E-state index in [1.165, 1.54) is 10.7 Å². The average Bonchev–Trinajstić information content (AvgIpc) is 2.85. The van der Waals surface area contributed by atoms with Crippen LogP contribution in [0.4, 0.5) is 10.1 Å². The van der Waals surface area contributed by atoms with E-state index in [9.17, 15) is 9.18 Å². The summed E-state index contributed by atoms with van der Waals surface area (Å²) in [5.74, 6) is -0.543. The summed E-state index contributed by atoms with van der Waals surface area (Å²) in [6.45, 7) is 2.67. The van der Waals surface area contributed by atoms with Gasteiger partial charge in [-0.1, -0.05) is 0 Å². The maximum absolute atomic E-state index is 14.1. The Bertz CT molecular complexity index is 624. The van der Waals surface area contributed by atoms with E-state index in [-0.39, 0.29) is 5.91 Å². The molecule has 2 rings (SSSR count). The first-order valence-electron chi connectivity index (χ1n) is 6.86. The zero-order valence-corrected chi connectivity index (χ0v) is 12.2. The fourth-order valence-electron chi connectivity index (χ4n) is 1.96. The third-order valence-electron chi connectivity index (χ3n) is 3.02. The Balaban J connectivity index is 2.03. The number of hydrogen-bond acceptors (Lipinski definition) is 3. The van der Waals surface area contributed by atoms with Crippen molar-refractivity contribution in [3.8, 4) is 5.69 Å². The van der Waals surface area contributed by atoms with Crippen molar-refractivity contribution in [2.75, 3.05) is 18.9 Å². The van der Waals surface area contributed by atoms with Crippen LogP contribution in [0.25, 0.3) is 5.69 Å². The fourth-order valence-corrected chi connectivity index (χ4v) is 1.96. The summed E-state index contributed by atoms with van der Waals surface area (Å²) in [7, 11) is 1.84. The highest BCUT2D eigenvalue weighted by atomic mass is 19.1. The molecule has 6 heteroatoms. The van der Waals surface area contributed by atoms with Gasteiger partial charge in [0.15, 0.2) is 5.82 Å². The lowest BCUT2D eigenvalue weighted by Gasteiger charge is -2.08. The number of carbonyl (C=O) groups excluding carboxylic acids is 1. The Morgan fingerprint density at radius 2 is 2.24 bits per heavy atom. The molecule has 0 radical (unpaired) electrons. The van der Waals surface area contributed by atoms with Gasteiger partial charge in [0.05, 0.1) is 6.20 Å². The molecule has 0 aliphatic heterocycles. The zero-order chi connectivity index (χ0) is 15.2. The van der Waals surface area contributed by atoms with Crippen molar-refractivity contribution in [1.29, 1.82) is 0 Å². The third-order valence-corrected chi connectivity index (χ3v) is 3.02. The van der Waals surface area contributed by atoms with E-state index in [2.05, 4.69) is 15.7 Å². The number of benzene rings is 1. The van der Waals surface area contributed by atoms with E-state index in [1.54, 1.807) is 24.5 Å². The lowest BCUT2D eigenvalue weighted by molar-refractivity contribution is -0.116. The Kier molecular flexibility index (Phi) is 5.05. The van der Waals surface area contributed by atoms with Crippen molar-refractivity contribution in [3.63, 3.8) is 0 Å². The molecule has 5 nitrogen and oxygen atoms in total. The topological polar surface area (TPSA) is 59.0 Å². The Morgan fingerprint density at radius 3 is 2.86 bits per heavy atom. The van der Waals surface area contributed by atoms with Crippen LogP contribution in [0.15, 0.2) is 30.6 Å². The molecule has 0 saturated carbocycles. The molecule has 0 atom stereocenters. The number of carbonyl (C=O) groups is 1. The first-order valence-corrected chi connectivity index (χ1v) is 6.86. The van der Waals surface area contributed by atoms with Crippen LogP contribution in [0.5, 0.6) is 0 Å². The third kappa shape index (κ3) is 4.13. The molecule has 0 unspecified atom stereocenters. The highest BCUT2D eigenvalue weighted by molar-refractivity contribution is 5.90. The Hall–Kier alpha value is -2.21. The number of nitrogens with one attached hydrogen (secondary N) is 2.